The van der Waals surface area contributed by atoms with Gasteiger partial charge in [0.2, 0.25) is 0 Å². The number of carbonyl (C=O) groups is 1. The number of carboxylic acid groups (broad SMARTS) is 1. The van der Waals surface area contributed by atoms with Gasteiger partial charge >= 0.3 is 5.97 Å². The van der Waals surface area contributed by atoms with Gasteiger partial charge in [-0.1, -0.05) is 34.8 Å². The van der Waals surface area contributed by atoms with E-state index in [2.05, 4.69) is 0 Å². The molecular weight excluding hydrogens is 335 g/mol. The van der Waals surface area contributed by atoms with Crippen molar-refractivity contribution in [1.82, 2.24) is 0 Å². The second-order valence-electron chi connectivity index (χ2n) is 3.78. The summed E-state index contributed by atoms with van der Waals surface area (Å²) in [5, 5.41) is 8.67. The van der Waals surface area contributed by atoms with Crippen molar-refractivity contribution < 1.29 is 18.3 Å². The molecule has 0 heterocycles. The molecule has 0 aromatic heterocycles. The van der Waals surface area contributed by atoms with Crippen LogP contribution in [0.15, 0.2) is 28.1 Å². The van der Waals surface area contributed by atoms with Gasteiger partial charge < -0.3 is 5.11 Å². The molecule has 1 N–H and O–H groups in total. The van der Waals surface area contributed by atoms with E-state index in [0.717, 1.165) is 17.7 Å². The monoisotopic (exact) mass is 342 g/mol. The van der Waals surface area contributed by atoms with E-state index in [1.54, 1.807) is 0 Å². The Morgan fingerprint density at radius 1 is 1.32 bits per heavy atom. The fourth-order valence-electron chi connectivity index (χ4n) is 1.34. The molecule has 0 spiro atoms. The molecule has 0 fully saturated rings. The van der Waals surface area contributed by atoms with Crippen molar-refractivity contribution in [2.45, 2.75) is 11.8 Å². The van der Waals surface area contributed by atoms with E-state index in [1.165, 1.54) is 6.92 Å². The zero-order chi connectivity index (χ0) is 14.8. The van der Waals surface area contributed by atoms with Gasteiger partial charge in [0.05, 0.1) is 26.3 Å². The highest BCUT2D eigenvalue weighted by Gasteiger charge is 2.22. The van der Waals surface area contributed by atoms with Crippen molar-refractivity contribution in [2.24, 2.45) is 0 Å². The number of carboxylic acids is 1. The molecule has 104 valence electrons. The molecule has 1 aromatic rings. The molecule has 4 nitrogen and oxygen atoms in total. The number of halogens is 3. The predicted molar refractivity (Wildman–Crippen MR) is 75.1 cm³/mol. The molecule has 8 heteroatoms. The van der Waals surface area contributed by atoms with Gasteiger partial charge in [-0.2, -0.15) is 0 Å². The van der Waals surface area contributed by atoms with Crippen molar-refractivity contribution in [3.8, 4) is 0 Å². The van der Waals surface area contributed by atoms with Gasteiger partial charge in [0, 0.05) is 5.54 Å². The van der Waals surface area contributed by atoms with E-state index < -0.39 is 15.8 Å². The molecule has 0 aliphatic rings. The smallest absolute Gasteiger partial charge is 0.337 e. The number of hydrogen-bond acceptors (Lipinski definition) is 3. The number of sulfone groups is 1. The molecule has 0 bridgehead atoms. The van der Waals surface area contributed by atoms with Crippen LogP contribution in [0.25, 0.3) is 0 Å². The van der Waals surface area contributed by atoms with Crippen LogP contribution in [0.2, 0.25) is 10.0 Å². The number of hydrogen-bond donors (Lipinski definition) is 1. The topological polar surface area (TPSA) is 71.4 Å². The standard InChI is InChI=1S/C11H9Cl3O4S/c1-6(4-12)5-19(17,18)10-2-7(11(15)16)8(13)3-9(10)14/h2-4H,5H2,1H3,(H,15,16)/b6-4-. The van der Waals surface area contributed by atoms with E-state index in [4.69, 9.17) is 39.9 Å². The summed E-state index contributed by atoms with van der Waals surface area (Å²) < 4.78 is 24.2. The van der Waals surface area contributed by atoms with Gasteiger partial charge in [0.25, 0.3) is 0 Å². The summed E-state index contributed by atoms with van der Waals surface area (Å²) in [5.74, 6) is -1.68. The third kappa shape index (κ3) is 3.86. The first-order valence-corrected chi connectivity index (χ1v) is 7.74. The fourth-order valence-corrected chi connectivity index (χ4v) is 3.82. The van der Waals surface area contributed by atoms with E-state index in [-0.39, 0.29) is 26.3 Å². The van der Waals surface area contributed by atoms with Crippen molar-refractivity contribution in [1.29, 1.82) is 0 Å². The van der Waals surface area contributed by atoms with Gasteiger partial charge in [-0.15, -0.1) is 0 Å². The second-order valence-corrected chi connectivity index (χ2v) is 6.77. The first-order valence-electron chi connectivity index (χ1n) is 4.90. The number of aromatic carboxylic acids is 1. The van der Waals surface area contributed by atoms with Gasteiger partial charge in [-0.25, -0.2) is 13.2 Å². The molecule has 0 atom stereocenters. The maximum Gasteiger partial charge on any atom is 0.337 e. The summed E-state index contributed by atoms with van der Waals surface area (Å²) in [6, 6.07) is 2.04. The Hall–Kier alpha value is -0.750. The lowest BCUT2D eigenvalue weighted by molar-refractivity contribution is 0.0697. The summed E-state index contributed by atoms with van der Waals surface area (Å²) in [5.41, 5.74) is 1.22. The molecule has 1 aromatic carbocycles. The largest absolute Gasteiger partial charge is 0.478 e. The molecular formula is C11H9Cl3O4S. The maximum atomic E-state index is 12.1. The summed E-state index contributed by atoms with van der Waals surface area (Å²) in [4.78, 5) is 10.7. The Morgan fingerprint density at radius 3 is 2.37 bits per heavy atom. The van der Waals surface area contributed by atoms with Crippen LogP contribution >= 0.6 is 34.8 Å². The average molecular weight is 344 g/mol. The van der Waals surface area contributed by atoms with E-state index in [9.17, 15) is 13.2 Å². The van der Waals surface area contributed by atoms with E-state index >= 15 is 0 Å². The SMILES string of the molecule is C/C(=C/Cl)CS(=O)(=O)c1cc(C(=O)O)c(Cl)cc1Cl. The van der Waals surface area contributed by atoms with E-state index in [0.29, 0.717) is 5.57 Å². The van der Waals surface area contributed by atoms with Crippen LogP contribution in [0.5, 0.6) is 0 Å². The highest BCUT2D eigenvalue weighted by molar-refractivity contribution is 7.91. The molecule has 0 amide bonds. The van der Waals surface area contributed by atoms with Gasteiger partial charge in [0.15, 0.2) is 9.84 Å². The molecule has 0 saturated carbocycles. The van der Waals surface area contributed by atoms with Crippen LogP contribution < -0.4 is 0 Å². The Morgan fingerprint density at radius 2 is 1.89 bits per heavy atom. The lowest BCUT2D eigenvalue weighted by Crippen LogP contribution is -2.10. The van der Waals surface area contributed by atoms with Crippen LogP contribution in [0, 0.1) is 0 Å². The summed E-state index contributed by atoms with van der Waals surface area (Å²) >= 11 is 16.9. The maximum absolute atomic E-state index is 12.1. The molecule has 0 radical (unpaired) electrons. The van der Waals surface area contributed by atoms with Gasteiger partial charge in [-0.3, -0.25) is 0 Å². The summed E-state index contributed by atoms with van der Waals surface area (Å²) in [7, 11) is -3.78. The Kier molecular flexibility index (Phi) is 5.26. The minimum atomic E-state index is -3.78. The fraction of sp³-hybridized carbons (Fsp3) is 0.182. The Balaban J connectivity index is 3.43. The highest BCUT2D eigenvalue weighted by Crippen LogP contribution is 2.30. The van der Waals surface area contributed by atoms with Crippen molar-refractivity contribution in [3.05, 3.63) is 38.8 Å². The first kappa shape index (κ1) is 16.3. The molecule has 0 unspecified atom stereocenters. The minimum absolute atomic E-state index is 0.124. The predicted octanol–water partition coefficient (Wildman–Crippen LogP) is 3.61. The third-order valence-electron chi connectivity index (χ3n) is 2.19. The summed E-state index contributed by atoms with van der Waals surface area (Å²) in [6.45, 7) is 1.53. The lowest BCUT2D eigenvalue weighted by Gasteiger charge is -2.09. The first-order chi connectivity index (χ1) is 8.69. The number of benzene rings is 1. The van der Waals surface area contributed by atoms with Crippen LogP contribution in [-0.4, -0.2) is 25.2 Å². The minimum Gasteiger partial charge on any atom is -0.478 e. The van der Waals surface area contributed by atoms with Crippen molar-refractivity contribution in [2.75, 3.05) is 5.75 Å². The Bertz CT molecular complexity index is 650. The van der Waals surface area contributed by atoms with Crippen LogP contribution in [0.3, 0.4) is 0 Å². The number of rotatable bonds is 4. The third-order valence-corrected chi connectivity index (χ3v) is 5.14. The van der Waals surface area contributed by atoms with Gasteiger partial charge in [-0.05, 0) is 24.6 Å². The molecule has 0 saturated heterocycles. The lowest BCUT2D eigenvalue weighted by atomic mass is 10.2. The van der Waals surface area contributed by atoms with E-state index in [1.807, 2.05) is 0 Å². The molecule has 0 aliphatic heterocycles. The zero-order valence-electron chi connectivity index (χ0n) is 9.65. The van der Waals surface area contributed by atoms with Crippen LogP contribution in [0.1, 0.15) is 17.3 Å². The second kappa shape index (κ2) is 6.13. The molecule has 0 aliphatic carbocycles. The molecule has 19 heavy (non-hydrogen) atoms. The Labute approximate surface area is 125 Å². The normalized spacial score (nSPS) is 12.5. The zero-order valence-corrected chi connectivity index (χ0v) is 12.7. The van der Waals surface area contributed by atoms with Crippen molar-refractivity contribution in [3.63, 3.8) is 0 Å². The quantitative estimate of drug-likeness (QED) is 0.906. The van der Waals surface area contributed by atoms with Gasteiger partial charge in [0.1, 0.15) is 0 Å². The summed E-state index contributed by atoms with van der Waals surface area (Å²) in [6.07, 6.45) is 0. The average Bonchev–Trinajstić information content (AvgIpc) is 2.27. The highest BCUT2D eigenvalue weighted by atomic mass is 35.5. The van der Waals surface area contributed by atoms with Crippen LogP contribution in [0.4, 0.5) is 0 Å². The van der Waals surface area contributed by atoms with Crippen LogP contribution in [-0.2, 0) is 9.84 Å². The molecule has 1 rings (SSSR count). The van der Waals surface area contributed by atoms with Crippen molar-refractivity contribution >= 4 is 50.6 Å².